The summed E-state index contributed by atoms with van der Waals surface area (Å²) in [6.45, 7) is 4.03. The average Bonchev–Trinajstić information content (AvgIpc) is 2.37. The van der Waals surface area contributed by atoms with Gasteiger partial charge >= 0.3 is 5.97 Å². The van der Waals surface area contributed by atoms with E-state index in [1.165, 1.54) is 0 Å². The SMILES string of the molecule is CC(C)CC(Nc1ccnc2ccccc12)C(=O)O. The van der Waals surface area contributed by atoms with Crippen LogP contribution < -0.4 is 5.32 Å². The van der Waals surface area contributed by atoms with Gasteiger partial charge in [-0.3, -0.25) is 4.98 Å². The maximum absolute atomic E-state index is 11.3. The minimum absolute atomic E-state index is 0.321. The van der Waals surface area contributed by atoms with Crippen LogP contribution >= 0.6 is 0 Å². The van der Waals surface area contributed by atoms with Crippen LogP contribution in [-0.4, -0.2) is 22.1 Å². The number of carbonyl (C=O) groups is 1. The molecule has 0 fully saturated rings. The van der Waals surface area contributed by atoms with E-state index in [1.807, 2.05) is 44.2 Å². The number of anilines is 1. The Balaban J connectivity index is 2.31. The molecule has 0 amide bonds. The van der Waals surface area contributed by atoms with Crippen molar-refractivity contribution in [3.63, 3.8) is 0 Å². The molecule has 0 bridgehead atoms. The molecular weight excluding hydrogens is 240 g/mol. The molecule has 1 aromatic heterocycles. The van der Waals surface area contributed by atoms with Crippen LogP contribution in [0.25, 0.3) is 10.9 Å². The smallest absolute Gasteiger partial charge is 0.326 e. The fourth-order valence-electron chi connectivity index (χ4n) is 2.10. The summed E-state index contributed by atoms with van der Waals surface area (Å²) >= 11 is 0. The summed E-state index contributed by atoms with van der Waals surface area (Å²) in [6.07, 6.45) is 2.28. The number of nitrogens with zero attached hydrogens (tertiary/aromatic N) is 1. The van der Waals surface area contributed by atoms with Gasteiger partial charge in [0, 0.05) is 17.3 Å². The molecule has 0 aliphatic heterocycles. The summed E-state index contributed by atoms with van der Waals surface area (Å²) in [5.74, 6) is -0.503. The molecule has 0 spiro atoms. The molecule has 0 aliphatic rings. The van der Waals surface area contributed by atoms with Crippen molar-refractivity contribution in [1.82, 2.24) is 4.98 Å². The molecule has 0 saturated carbocycles. The second-order valence-corrected chi connectivity index (χ2v) is 5.04. The Morgan fingerprint density at radius 3 is 2.74 bits per heavy atom. The van der Waals surface area contributed by atoms with E-state index in [-0.39, 0.29) is 0 Å². The van der Waals surface area contributed by atoms with E-state index < -0.39 is 12.0 Å². The monoisotopic (exact) mass is 258 g/mol. The summed E-state index contributed by atoms with van der Waals surface area (Å²) in [4.78, 5) is 15.6. The van der Waals surface area contributed by atoms with Gasteiger partial charge in [0.1, 0.15) is 6.04 Å². The van der Waals surface area contributed by atoms with Gasteiger partial charge in [-0.05, 0) is 24.5 Å². The molecule has 4 heteroatoms. The lowest BCUT2D eigenvalue weighted by atomic mass is 10.0. The number of carboxylic acids is 1. The molecule has 2 N–H and O–H groups in total. The van der Waals surface area contributed by atoms with Crippen molar-refractivity contribution in [3.8, 4) is 0 Å². The number of fused-ring (bicyclic) bond motifs is 1. The number of rotatable bonds is 5. The highest BCUT2D eigenvalue weighted by molar-refractivity contribution is 5.92. The predicted octanol–water partition coefficient (Wildman–Crippen LogP) is 3.15. The standard InChI is InChI=1S/C15H18N2O2/c1-10(2)9-14(15(18)19)17-13-7-8-16-12-6-4-3-5-11(12)13/h3-8,10,14H,9H2,1-2H3,(H,16,17)(H,18,19). The molecule has 0 saturated heterocycles. The van der Waals surface area contributed by atoms with E-state index in [9.17, 15) is 9.90 Å². The second-order valence-electron chi connectivity index (χ2n) is 5.04. The number of hydrogen-bond donors (Lipinski definition) is 2. The number of para-hydroxylation sites is 1. The largest absolute Gasteiger partial charge is 0.480 e. The Morgan fingerprint density at radius 1 is 1.32 bits per heavy atom. The lowest BCUT2D eigenvalue weighted by Gasteiger charge is -2.18. The van der Waals surface area contributed by atoms with Crippen molar-refractivity contribution < 1.29 is 9.90 Å². The normalized spacial score (nSPS) is 12.6. The Kier molecular flexibility index (Phi) is 4.00. The van der Waals surface area contributed by atoms with Crippen LogP contribution in [0.1, 0.15) is 20.3 Å². The highest BCUT2D eigenvalue weighted by Gasteiger charge is 2.19. The Morgan fingerprint density at radius 2 is 2.05 bits per heavy atom. The van der Waals surface area contributed by atoms with Gasteiger partial charge in [-0.15, -0.1) is 0 Å². The summed E-state index contributed by atoms with van der Waals surface area (Å²) in [5.41, 5.74) is 1.68. The Labute approximate surface area is 112 Å². The van der Waals surface area contributed by atoms with E-state index in [1.54, 1.807) is 6.20 Å². The van der Waals surface area contributed by atoms with Crippen LogP contribution in [0, 0.1) is 5.92 Å². The fourth-order valence-corrected chi connectivity index (χ4v) is 2.10. The number of aliphatic carboxylic acids is 1. The van der Waals surface area contributed by atoms with Gasteiger partial charge in [0.2, 0.25) is 0 Å². The van der Waals surface area contributed by atoms with Gasteiger partial charge in [0.05, 0.1) is 5.52 Å². The van der Waals surface area contributed by atoms with Gasteiger partial charge < -0.3 is 10.4 Å². The van der Waals surface area contributed by atoms with Crippen LogP contribution in [0.2, 0.25) is 0 Å². The van der Waals surface area contributed by atoms with E-state index in [2.05, 4.69) is 10.3 Å². The summed E-state index contributed by atoms with van der Waals surface area (Å²) in [6, 6.07) is 8.94. The molecule has 1 unspecified atom stereocenters. The summed E-state index contributed by atoms with van der Waals surface area (Å²) < 4.78 is 0. The Bertz CT molecular complexity index is 576. The van der Waals surface area contributed by atoms with Crippen molar-refractivity contribution in [2.45, 2.75) is 26.3 Å². The van der Waals surface area contributed by atoms with Gasteiger partial charge in [-0.2, -0.15) is 0 Å². The molecule has 100 valence electrons. The molecule has 0 radical (unpaired) electrons. The maximum Gasteiger partial charge on any atom is 0.326 e. The topological polar surface area (TPSA) is 62.2 Å². The first-order valence-electron chi connectivity index (χ1n) is 6.41. The number of benzene rings is 1. The van der Waals surface area contributed by atoms with Crippen molar-refractivity contribution in [1.29, 1.82) is 0 Å². The lowest BCUT2D eigenvalue weighted by molar-refractivity contribution is -0.138. The molecule has 1 aromatic carbocycles. The zero-order chi connectivity index (χ0) is 13.8. The average molecular weight is 258 g/mol. The van der Waals surface area contributed by atoms with Crippen LogP contribution in [0.5, 0.6) is 0 Å². The molecule has 1 atom stereocenters. The van der Waals surface area contributed by atoms with Crippen molar-refractivity contribution >= 4 is 22.6 Å². The van der Waals surface area contributed by atoms with Gasteiger partial charge in [-0.1, -0.05) is 32.0 Å². The van der Waals surface area contributed by atoms with Crippen molar-refractivity contribution in [2.24, 2.45) is 5.92 Å². The highest BCUT2D eigenvalue weighted by atomic mass is 16.4. The second kappa shape index (κ2) is 5.69. The van der Waals surface area contributed by atoms with Crippen molar-refractivity contribution in [3.05, 3.63) is 36.5 Å². The maximum atomic E-state index is 11.3. The van der Waals surface area contributed by atoms with E-state index in [0.717, 1.165) is 16.6 Å². The minimum atomic E-state index is -0.824. The van der Waals surface area contributed by atoms with E-state index in [0.29, 0.717) is 12.3 Å². The van der Waals surface area contributed by atoms with E-state index >= 15 is 0 Å². The molecule has 2 rings (SSSR count). The van der Waals surface area contributed by atoms with Crippen LogP contribution in [0.4, 0.5) is 5.69 Å². The minimum Gasteiger partial charge on any atom is -0.480 e. The third kappa shape index (κ3) is 3.22. The quantitative estimate of drug-likeness (QED) is 0.864. The van der Waals surface area contributed by atoms with Gasteiger partial charge in [0.15, 0.2) is 0 Å². The number of nitrogens with one attached hydrogen (secondary N) is 1. The molecule has 0 aliphatic carbocycles. The number of hydrogen-bond acceptors (Lipinski definition) is 3. The van der Waals surface area contributed by atoms with Crippen molar-refractivity contribution in [2.75, 3.05) is 5.32 Å². The first-order chi connectivity index (χ1) is 9.08. The molecule has 2 aromatic rings. The lowest BCUT2D eigenvalue weighted by Crippen LogP contribution is -2.30. The molecule has 1 heterocycles. The summed E-state index contributed by atoms with van der Waals surface area (Å²) in [7, 11) is 0. The van der Waals surface area contributed by atoms with Gasteiger partial charge in [-0.25, -0.2) is 4.79 Å². The Hall–Kier alpha value is -2.10. The molecule has 19 heavy (non-hydrogen) atoms. The van der Waals surface area contributed by atoms with Crippen LogP contribution in [0.3, 0.4) is 0 Å². The fraction of sp³-hybridized carbons (Fsp3) is 0.333. The first kappa shape index (κ1) is 13.3. The number of aromatic nitrogens is 1. The number of pyridine rings is 1. The first-order valence-corrected chi connectivity index (χ1v) is 6.41. The van der Waals surface area contributed by atoms with Gasteiger partial charge in [0.25, 0.3) is 0 Å². The molecular formula is C15H18N2O2. The summed E-state index contributed by atoms with van der Waals surface area (Å²) in [5, 5.41) is 13.3. The van der Waals surface area contributed by atoms with E-state index in [4.69, 9.17) is 0 Å². The zero-order valence-corrected chi connectivity index (χ0v) is 11.1. The molecule has 4 nitrogen and oxygen atoms in total. The number of carboxylic acid groups (broad SMARTS) is 1. The third-order valence-corrected chi connectivity index (χ3v) is 2.98. The van der Waals surface area contributed by atoms with Crippen LogP contribution in [-0.2, 0) is 4.79 Å². The highest BCUT2D eigenvalue weighted by Crippen LogP contribution is 2.22. The third-order valence-electron chi connectivity index (χ3n) is 2.98. The van der Waals surface area contributed by atoms with Crippen LogP contribution in [0.15, 0.2) is 36.5 Å². The zero-order valence-electron chi connectivity index (χ0n) is 11.1. The predicted molar refractivity (Wildman–Crippen MR) is 76.2 cm³/mol.